The fraction of sp³-hybridized carbons (Fsp3) is 0.500. The minimum atomic E-state index is -6.15. The standard InChI is InChI=1S/C28H29F7N2O6S/c1-2-43-23(38)18-11-14-36(15-12-18)24(39)37-16-13-25(17-37,44(41,42)22-9-7-21(29)8-10-22)19-3-5-20(6-4-19)26(40,27(30,31)32)28(33,34)35/h3-10,18,40H,2,11-17H2,1H3/t25-/m0/s1. The summed E-state index contributed by atoms with van der Waals surface area (Å²) < 4.78 is 125. The van der Waals surface area contributed by atoms with Gasteiger partial charge in [-0.3, -0.25) is 4.79 Å². The quantitative estimate of drug-likeness (QED) is 0.270. The van der Waals surface area contributed by atoms with Gasteiger partial charge in [0.05, 0.1) is 17.4 Å². The summed E-state index contributed by atoms with van der Waals surface area (Å²) >= 11 is 0. The number of hydrogen-bond donors (Lipinski definition) is 1. The normalized spacial score (nSPS) is 20.6. The molecule has 2 aromatic rings. The van der Waals surface area contributed by atoms with E-state index < -0.39 is 68.4 Å². The fourth-order valence-electron chi connectivity index (χ4n) is 5.66. The molecular weight excluding hydrogens is 625 g/mol. The van der Waals surface area contributed by atoms with Crippen LogP contribution in [0.15, 0.2) is 53.4 Å². The molecule has 2 aliphatic heterocycles. The van der Waals surface area contributed by atoms with Crippen LogP contribution in [0.4, 0.5) is 35.5 Å². The van der Waals surface area contributed by atoms with Crippen molar-refractivity contribution in [3.8, 4) is 0 Å². The maximum Gasteiger partial charge on any atom is 0.430 e. The van der Waals surface area contributed by atoms with E-state index in [9.17, 15) is 53.8 Å². The van der Waals surface area contributed by atoms with E-state index in [-0.39, 0.29) is 43.1 Å². The number of aliphatic hydroxyl groups is 1. The van der Waals surface area contributed by atoms with Gasteiger partial charge < -0.3 is 19.6 Å². The van der Waals surface area contributed by atoms with E-state index in [0.29, 0.717) is 25.0 Å². The number of halogens is 7. The summed E-state index contributed by atoms with van der Waals surface area (Å²) in [5.41, 5.74) is -7.03. The van der Waals surface area contributed by atoms with E-state index in [0.717, 1.165) is 36.4 Å². The number of sulfone groups is 1. The van der Waals surface area contributed by atoms with Gasteiger partial charge in [-0.2, -0.15) is 26.3 Å². The number of ether oxygens (including phenoxy) is 1. The molecule has 4 rings (SSSR count). The average Bonchev–Trinajstić information content (AvgIpc) is 3.43. The third-order valence-corrected chi connectivity index (χ3v) is 10.7. The second-order valence-corrected chi connectivity index (χ2v) is 13.0. The van der Waals surface area contributed by atoms with Gasteiger partial charge in [-0.1, -0.05) is 24.3 Å². The lowest BCUT2D eigenvalue weighted by Crippen LogP contribution is -2.54. The molecule has 16 heteroatoms. The minimum Gasteiger partial charge on any atom is -0.466 e. The Kier molecular flexibility index (Phi) is 9.01. The lowest BCUT2D eigenvalue weighted by Gasteiger charge is -2.35. The molecule has 8 nitrogen and oxygen atoms in total. The molecule has 2 amide bonds. The van der Waals surface area contributed by atoms with Crippen LogP contribution in [0.1, 0.15) is 37.3 Å². The third-order valence-electron chi connectivity index (χ3n) is 8.18. The van der Waals surface area contributed by atoms with Crippen molar-refractivity contribution in [1.82, 2.24) is 9.80 Å². The summed E-state index contributed by atoms with van der Waals surface area (Å²) in [4.78, 5) is 27.8. The van der Waals surface area contributed by atoms with Crippen LogP contribution in [-0.2, 0) is 29.7 Å². The average molecular weight is 655 g/mol. The van der Waals surface area contributed by atoms with Crippen molar-refractivity contribution in [2.24, 2.45) is 5.92 Å². The molecule has 2 aromatic carbocycles. The zero-order valence-corrected chi connectivity index (χ0v) is 24.1. The summed E-state index contributed by atoms with van der Waals surface area (Å²) in [6, 6.07) is 5.32. The number of hydrogen-bond acceptors (Lipinski definition) is 6. The van der Waals surface area contributed by atoms with E-state index in [1.165, 1.54) is 9.80 Å². The first-order chi connectivity index (χ1) is 20.4. The van der Waals surface area contributed by atoms with Gasteiger partial charge in [-0.15, -0.1) is 0 Å². The first kappa shape index (κ1) is 33.5. The molecule has 0 radical (unpaired) electrons. The Balaban J connectivity index is 1.70. The van der Waals surface area contributed by atoms with Gasteiger partial charge in [0.1, 0.15) is 10.6 Å². The first-order valence-corrected chi connectivity index (χ1v) is 15.0. The van der Waals surface area contributed by atoms with Gasteiger partial charge in [-0.05, 0) is 56.0 Å². The monoisotopic (exact) mass is 654 g/mol. The van der Waals surface area contributed by atoms with E-state index in [1.54, 1.807) is 6.92 Å². The van der Waals surface area contributed by atoms with Crippen LogP contribution < -0.4 is 0 Å². The molecule has 2 aliphatic rings. The van der Waals surface area contributed by atoms with Crippen LogP contribution in [0.25, 0.3) is 0 Å². The second kappa shape index (κ2) is 11.8. The maximum atomic E-state index is 14.1. The molecule has 0 saturated carbocycles. The Labute approximate surface area is 248 Å². The van der Waals surface area contributed by atoms with Crippen molar-refractivity contribution < 1.29 is 58.6 Å². The first-order valence-electron chi connectivity index (χ1n) is 13.6. The van der Waals surface area contributed by atoms with Gasteiger partial charge in [0, 0.05) is 31.7 Å². The Morgan fingerprint density at radius 1 is 0.909 bits per heavy atom. The number of piperidine rings is 1. The predicted octanol–water partition coefficient (Wildman–Crippen LogP) is 4.91. The third kappa shape index (κ3) is 5.73. The minimum absolute atomic E-state index is 0.145. The maximum absolute atomic E-state index is 14.1. The number of benzene rings is 2. The molecule has 2 fully saturated rings. The van der Waals surface area contributed by atoms with Crippen LogP contribution >= 0.6 is 0 Å². The molecule has 1 N–H and O–H groups in total. The van der Waals surface area contributed by atoms with Crippen LogP contribution in [0.2, 0.25) is 0 Å². The lowest BCUT2D eigenvalue weighted by atomic mass is 9.89. The number of carbonyl (C=O) groups is 2. The molecule has 44 heavy (non-hydrogen) atoms. The number of nitrogens with zero attached hydrogens (tertiary/aromatic N) is 2. The lowest BCUT2D eigenvalue weighted by molar-refractivity contribution is -0.376. The SMILES string of the molecule is CCOC(=O)C1CCN(C(=O)N2CC[C@](c3ccc(C(O)(C(F)(F)F)C(F)(F)F)cc3)(S(=O)(=O)c3ccc(F)cc3)C2)CC1. The van der Waals surface area contributed by atoms with Crippen molar-refractivity contribution in [1.29, 1.82) is 0 Å². The van der Waals surface area contributed by atoms with Gasteiger partial charge in [-0.25, -0.2) is 17.6 Å². The fourth-order valence-corrected chi connectivity index (χ4v) is 7.74. The van der Waals surface area contributed by atoms with E-state index in [4.69, 9.17) is 4.74 Å². The van der Waals surface area contributed by atoms with E-state index >= 15 is 0 Å². The zero-order valence-electron chi connectivity index (χ0n) is 23.3. The highest BCUT2D eigenvalue weighted by Crippen LogP contribution is 2.51. The van der Waals surface area contributed by atoms with Crippen LogP contribution in [0, 0.1) is 11.7 Å². The van der Waals surface area contributed by atoms with Crippen molar-refractivity contribution in [3.05, 3.63) is 65.5 Å². The number of rotatable bonds is 6. The summed E-state index contributed by atoms with van der Waals surface area (Å²) in [6.45, 7) is 1.52. The molecule has 0 bridgehead atoms. The Hall–Kier alpha value is -3.40. The summed E-state index contributed by atoms with van der Waals surface area (Å²) in [7, 11) is -4.55. The summed E-state index contributed by atoms with van der Waals surface area (Å²) in [5, 5.41) is 9.79. The van der Waals surface area contributed by atoms with Crippen molar-refractivity contribution >= 4 is 21.8 Å². The zero-order chi connectivity index (χ0) is 32.7. The van der Waals surface area contributed by atoms with E-state index in [1.807, 2.05) is 0 Å². The Bertz CT molecular complexity index is 1460. The predicted molar refractivity (Wildman–Crippen MR) is 140 cm³/mol. The summed E-state index contributed by atoms with van der Waals surface area (Å²) in [6.07, 6.45) is -12.0. The largest absolute Gasteiger partial charge is 0.466 e. The highest BCUT2D eigenvalue weighted by molar-refractivity contribution is 7.92. The number of carbonyl (C=O) groups excluding carboxylic acids is 2. The van der Waals surface area contributed by atoms with Gasteiger partial charge in [0.25, 0.3) is 5.60 Å². The Morgan fingerprint density at radius 3 is 1.95 bits per heavy atom. The number of likely N-dealkylation sites (tertiary alicyclic amines) is 2. The number of esters is 1. The summed E-state index contributed by atoms with van der Waals surface area (Å²) in [5.74, 6) is -1.56. The van der Waals surface area contributed by atoms with Crippen molar-refractivity contribution in [2.75, 3.05) is 32.8 Å². The van der Waals surface area contributed by atoms with Crippen molar-refractivity contribution in [3.63, 3.8) is 0 Å². The second-order valence-electron chi connectivity index (χ2n) is 10.7. The highest BCUT2D eigenvalue weighted by atomic mass is 32.2. The topological polar surface area (TPSA) is 104 Å². The van der Waals surface area contributed by atoms with Crippen LogP contribution in [-0.4, -0.2) is 80.5 Å². The molecular formula is C28H29F7N2O6S. The number of amides is 2. The number of alkyl halides is 6. The van der Waals surface area contributed by atoms with Crippen LogP contribution in [0.5, 0.6) is 0 Å². The molecule has 2 saturated heterocycles. The Morgan fingerprint density at radius 2 is 1.45 bits per heavy atom. The molecule has 0 aliphatic carbocycles. The molecule has 0 unspecified atom stereocenters. The highest BCUT2D eigenvalue weighted by Gasteiger charge is 2.71. The van der Waals surface area contributed by atoms with Crippen LogP contribution in [0.3, 0.4) is 0 Å². The molecule has 0 spiro atoms. The molecule has 0 aromatic heterocycles. The smallest absolute Gasteiger partial charge is 0.430 e. The van der Waals surface area contributed by atoms with Gasteiger partial charge in [0.15, 0.2) is 9.84 Å². The molecule has 2 heterocycles. The van der Waals surface area contributed by atoms with Gasteiger partial charge in [0.2, 0.25) is 0 Å². The van der Waals surface area contributed by atoms with Crippen molar-refractivity contribution in [2.45, 2.75) is 53.8 Å². The van der Waals surface area contributed by atoms with Gasteiger partial charge >= 0.3 is 24.4 Å². The van der Waals surface area contributed by atoms with E-state index in [2.05, 4.69) is 0 Å². The number of urea groups is 1. The molecule has 242 valence electrons. The molecule has 1 atom stereocenters.